The normalized spacial score (nSPS) is 16.8. The zero-order valence-electron chi connectivity index (χ0n) is 16.1. The third kappa shape index (κ3) is 4.77. The fourth-order valence-corrected chi connectivity index (χ4v) is 3.34. The van der Waals surface area contributed by atoms with Crippen LogP contribution in [0.1, 0.15) is 30.7 Å². The minimum atomic E-state index is 0. The molecule has 26 heavy (non-hydrogen) atoms. The smallest absolute Gasteiger partial charge is 0.194 e. The molecule has 2 aromatic heterocycles. The van der Waals surface area contributed by atoms with Crippen molar-refractivity contribution in [2.75, 3.05) is 20.1 Å². The third-order valence-electron chi connectivity index (χ3n) is 4.88. The number of aliphatic imine (C=N–C) groups is 1. The van der Waals surface area contributed by atoms with Gasteiger partial charge in [0.05, 0.1) is 6.54 Å². The Labute approximate surface area is 172 Å². The largest absolute Gasteiger partial charge is 0.357 e. The van der Waals surface area contributed by atoms with E-state index in [9.17, 15) is 0 Å². The first-order valence-corrected chi connectivity index (χ1v) is 9.06. The van der Waals surface area contributed by atoms with Gasteiger partial charge < -0.3 is 19.4 Å². The molecule has 0 aromatic carbocycles. The average molecular weight is 471 g/mol. The van der Waals surface area contributed by atoms with Crippen LogP contribution in [0, 0.1) is 12.8 Å². The van der Waals surface area contributed by atoms with Gasteiger partial charge in [-0.15, -0.1) is 34.2 Å². The van der Waals surface area contributed by atoms with E-state index >= 15 is 0 Å². The zero-order chi connectivity index (χ0) is 17.8. The molecule has 1 unspecified atom stereocenters. The molecule has 3 rings (SSSR count). The summed E-state index contributed by atoms with van der Waals surface area (Å²) in [5.74, 6) is 3.64. The van der Waals surface area contributed by atoms with Gasteiger partial charge in [0.2, 0.25) is 0 Å². The number of nitrogens with one attached hydrogen (secondary N) is 1. The molecule has 0 radical (unpaired) electrons. The summed E-state index contributed by atoms with van der Waals surface area (Å²) in [6.07, 6.45) is 4.20. The molecule has 8 heteroatoms. The number of fused-ring (bicyclic) bond motifs is 1. The number of nitrogens with zero attached hydrogens (tertiary/aromatic N) is 6. The van der Waals surface area contributed by atoms with Crippen molar-refractivity contribution in [3.63, 3.8) is 0 Å². The zero-order valence-corrected chi connectivity index (χ0v) is 18.5. The van der Waals surface area contributed by atoms with E-state index in [4.69, 9.17) is 4.99 Å². The second kappa shape index (κ2) is 9.38. The molecule has 0 fully saturated rings. The standard InChI is InChI=1S/C18H29N7.HI/c1-5-19-18(24(4)13-16-7-6-10-23(16)3)20-11-15-8-9-17-22-21-14(2)25(17)12-15;/h6-7,10,15H,5,8-9,11-13H2,1-4H3,(H,19,20);1H. The van der Waals surface area contributed by atoms with Crippen molar-refractivity contribution in [3.8, 4) is 0 Å². The molecule has 1 aliphatic heterocycles. The van der Waals surface area contributed by atoms with Crippen molar-refractivity contribution >= 4 is 29.9 Å². The number of halogens is 1. The van der Waals surface area contributed by atoms with Gasteiger partial charge in [-0.2, -0.15) is 0 Å². The van der Waals surface area contributed by atoms with Crippen molar-refractivity contribution in [3.05, 3.63) is 35.7 Å². The van der Waals surface area contributed by atoms with Crippen molar-refractivity contribution in [1.29, 1.82) is 0 Å². The number of hydrogen-bond acceptors (Lipinski definition) is 3. The Bertz CT molecular complexity index is 734. The van der Waals surface area contributed by atoms with Gasteiger partial charge in [-0.1, -0.05) is 0 Å². The molecule has 0 saturated carbocycles. The molecule has 0 saturated heterocycles. The van der Waals surface area contributed by atoms with E-state index in [1.807, 2.05) is 6.92 Å². The summed E-state index contributed by atoms with van der Waals surface area (Å²) < 4.78 is 4.39. The highest BCUT2D eigenvalue weighted by Crippen LogP contribution is 2.20. The van der Waals surface area contributed by atoms with Gasteiger partial charge in [-0.25, -0.2) is 0 Å². The van der Waals surface area contributed by atoms with Crippen LogP contribution in [0.15, 0.2) is 23.3 Å². The van der Waals surface area contributed by atoms with Crippen molar-refractivity contribution in [2.45, 2.75) is 39.8 Å². The lowest BCUT2D eigenvalue weighted by atomic mass is 9.99. The Morgan fingerprint density at radius 3 is 2.92 bits per heavy atom. The second-order valence-electron chi connectivity index (χ2n) is 6.84. The molecule has 1 aliphatic rings. The number of aromatic nitrogens is 4. The van der Waals surface area contributed by atoms with Crippen LogP contribution in [0.2, 0.25) is 0 Å². The second-order valence-corrected chi connectivity index (χ2v) is 6.84. The van der Waals surface area contributed by atoms with E-state index in [-0.39, 0.29) is 24.0 Å². The predicted molar refractivity (Wildman–Crippen MR) is 115 cm³/mol. The maximum absolute atomic E-state index is 4.90. The number of aryl methyl sites for hydroxylation is 3. The Hall–Kier alpha value is -1.58. The van der Waals surface area contributed by atoms with Crippen LogP contribution in [0.3, 0.4) is 0 Å². The van der Waals surface area contributed by atoms with Gasteiger partial charge in [-0.3, -0.25) is 4.99 Å². The minimum absolute atomic E-state index is 0. The van der Waals surface area contributed by atoms with Gasteiger partial charge in [0.1, 0.15) is 11.6 Å². The summed E-state index contributed by atoms with van der Waals surface area (Å²) in [6, 6.07) is 4.23. The lowest BCUT2D eigenvalue weighted by Gasteiger charge is -2.25. The van der Waals surface area contributed by atoms with Gasteiger partial charge in [0.15, 0.2) is 5.96 Å². The predicted octanol–water partition coefficient (Wildman–Crippen LogP) is 2.20. The molecule has 2 aromatic rings. The number of guanidine groups is 1. The molecular formula is C18H30IN7. The van der Waals surface area contributed by atoms with Crippen LogP contribution in [0.5, 0.6) is 0 Å². The Morgan fingerprint density at radius 2 is 2.23 bits per heavy atom. The summed E-state index contributed by atoms with van der Waals surface area (Å²) in [6.45, 7) is 7.65. The first-order valence-electron chi connectivity index (χ1n) is 9.06. The molecule has 144 valence electrons. The van der Waals surface area contributed by atoms with Crippen LogP contribution < -0.4 is 5.32 Å². The summed E-state index contributed by atoms with van der Waals surface area (Å²) in [5, 5.41) is 11.9. The minimum Gasteiger partial charge on any atom is -0.357 e. The lowest BCUT2D eigenvalue weighted by Crippen LogP contribution is -2.39. The van der Waals surface area contributed by atoms with Crippen molar-refractivity contribution < 1.29 is 0 Å². The van der Waals surface area contributed by atoms with Gasteiger partial charge >= 0.3 is 0 Å². The molecule has 3 heterocycles. The van der Waals surface area contributed by atoms with Crippen LogP contribution >= 0.6 is 24.0 Å². The SMILES string of the molecule is CCNC(=NCC1CCc2nnc(C)n2C1)N(C)Cc1cccn1C.I. The van der Waals surface area contributed by atoms with E-state index < -0.39 is 0 Å². The van der Waals surface area contributed by atoms with Crippen LogP contribution in [0.4, 0.5) is 0 Å². The number of rotatable bonds is 5. The van der Waals surface area contributed by atoms with Crippen molar-refractivity contribution in [1.82, 2.24) is 29.5 Å². The van der Waals surface area contributed by atoms with Crippen LogP contribution in [-0.4, -0.2) is 50.3 Å². The van der Waals surface area contributed by atoms with Gasteiger partial charge in [0, 0.05) is 52.0 Å². The summed E-state index contributed by atoms with van der Waals surface area (Å²) in [5.41, 5.74) is 1.27. The molecule has 1 N–H and O–H groups in total. The van der Waals surface area contributed by atoms with Crippen molar-refractivity contribution in [2.24, 2.45) is 18.0 Å². The molecule has 7 nitrogen and oxygen atoms in total. The molecule has 0 spiro atoms. The molecule has 0 amide bonds. The van der Waals surface area contributed by atoms with E-state index in [0.717, 1.165) is 56.6 Å². The Morgan fingerprint density at radius 1 is 1.42 bits per heavy atom. The summed E-state index contributed by atoms with van der Waals surface area (Å²) in [7, 11) is 4.17. The molecular weight excluding hydrogens is 441 g/mol. The lowest BCUT2D eigenvalue weighted by molar-refractivity contribution is 0.366. The highest BCUT2D eigenvalue weighted by Gasteiger charge is 2.21. The Kier molecular flexibility index (Phi) is 7.48. The first-order chi connectivity index (χ1) is 12.1. The topological polar surface area (TPSA) is 63.3 Å². The van der Waals surface area contributed by atoms with E-state index in [0.29, 0.717) is 5.92 Å². The van der Waals surface area contributed by atoms with Crippen LogP contribution in [-0.2, 0) is 26.6 Å². The van der Waals surface area contributed by atoms with Gasteiger partial charge in [0.25, 0.3) is 0 Å². The van der Waals surface area contributed by atoms with E-state index in [1.165, 1.54) is 5.69 Å². The fourth-order valence-electron chi connectivity index (χ4n) is 3.34. The quantitative estimate of drug-likeness (QED) is 0.413. The first kappa shape index (κ1) is 20.7. The molecule has 0 aliphatic carbocycles. The van der Waals surface area contributed by atoms with E-state index in [1.54, 1.807) is 0 Å². The maximum Gasteiger partial charge on any atom is 0.194 e. The molecule has 1 atom stereocenters. The maximum atomic E-state index is 4.90. The van der Waals surface area contributed by atoms with Gasteiger partial charge in [-0.05, 0) is 38.3 Å². The Balaban J connectivity index is 0.00000243. The third-order valence-corrected chi connectivity index (χ3v) is 4.88. The highest BCUT2D eigenvalue weighted by molar-refractivity contribution is 14.0. The summed E-state index contributed by atoms with van der Waals surface area (Å²) >= 11 is 0. The molecule has 0 bridgehead atoms. The number of hydrogen-bond donors (Lipinski definition) is 1. The average Bonchev–Trinajstić information content (AvgIpc) is 3.17. The van der Waals surface area contributed by atoms with Crippen LogP contribution in [0.25, 0.3) is 0 Å². The fraction of sp³-hybridized carbons (Fsp3) is 0.611. The van der Waals surface area contributed by atoms with E-state index in [2.05, 4.69) is 68.9 Å². The summed E-state index contributed by atoms with van der Waals surface area (Å²) in [4.78, 5) is 7.09. The highest BCUT2D eigenvalue weighted by atomic mass is 127. The monoisotopic (exact) mass is 471 g/mol.